The van der Waals surface area contributed by atoms with E-state index in [-0.39, 0.29) is 11.6 Å². The predicted octanol–water partition coefficient (Wildman–Crippen LogP) is 3.29. The molecule has 1 heterocycles. The highest BCUT2D eigenvalue weighted by molar-refractivity contribution is 5.84. The van der Waals surface area contributed by atoms with Crippen LogP contribution in [0.3, 0.4) is 0 Å². The fourth-order valence-corrected chi connectivity index (χ4v) is 1.31. The number of benzene rings is 1. The monoisotopic (exact) mass is 232 g/mol. The lowest BCUT2D eigenvalue weighted by Crippen LogP contribution is -1.91. The molecule has 2 aromatic rings. The van der Waals surface area contributed by atoms with Crippen LogP contribution in [0.2, 0.25) is 0 Å². The normalized spacial score (nSPS) is 10.9. The summed E-state index contributed by atoms with van der Waals surface area (Å²) in [6, 6.07) is 8.88. The van der Waals surface area contributed by atoms with Crippen LogP contribution in [0.1, 0.15) is 21.9 Å². The fourth-order valence-electron chi connectivity index (χ4n) is 1.31. The highest BCUT2D eigenvalue weighted by Gasteiger charge is 2.06. The minimum absolute atomic E-state index is 0.108. The molecule has 0 radical (unpaired) electrons. The standard InChI is InChI=1S/C13H9FO3/c14-10-4-1-9(2-5-10)3-6-11-7-8-12(17-11)13(15)16/h1-8H,(H,15,16)/b6-3+. The Balaban J connectivity index is 2.14. The first-order valence-electron chi connectivity index (χ1n) is 4.92. The SMILES string of the molecule is O=C(O)c1ccc(/C=C/c2ccc(F)cc2)o1. The lowest BCUT2D eigenvalue weighted by atomic mass is 10.2. The molecule has 0 atom stereocenters. The van der Waals surface area contributed by atoms with Gasteiger partial charge in [0, 0.05) is 0 Å². The van der Waals surface area contributed by atoms with E-state index in [4.69, 9.17) is 9.52 Å². The van der Waals surface area contributed by atoms with E-state index in [1.807, 2.05) is 0 Å². The van der Waals surface area contributed by atoms with Gasteiger partial charge in [-0.3, -0.25) is 0 Å². The van der Waals surface area contributed by atoms with Crippen LogP contribution >= 0.6 is 0 Å². The van der Waals surface area contributed by atoms with E-state index >= 15 is 0 Å². The zero-order valence-electron chi connectivity index (χ0n) is 8.76. The smallest absolute Gasteiger partial charge is 0.371 e. The van der Waals surface area contributed by atoms with E-state index in [9.17, 15) is 9.18 Å². The van der Waals surface area contributed by atoms with Crippen molar-refractivity contribution in [2.45, 2.75) is 0 Å². The molecule has 0 spiro atoms. The molecule has 0 saturated carbocycles. The number of carbonyl (C=O) groups is 1. The van der Waals surface area contributed by atoms with Crippen molar-refractivity contribution in [1.29, 1.82) is 0 Å². The fraction of sp³-hybridized carbons (Fsp3) is 0. The second-order valence-corrected chi connectivity index (χ2v) is 3.39. The van der Waals surface area contributed by atoms with Crippen LogP contribution in [0.5, 0.6) is 0 Å². The van der Waals surface area contributed by atoms with Crippen LogP contribution in [0, 0.1) is 5.82 Å². The number of rotatable bonds is 3. The third-order valence-electron chi connectivity index (χ3n) is 2.15. The van der Waals surface area contributed by atoms with Crippen LogP contribution in [0.15, 0.2) is 40.8 Å². The largest absolute Gasteiger partial charge is 0.475 e. The average molecular weight is 232 g/mol. The summed E-state index contributed by atoms with van der Waals surface area (Å²) < 4.78 is 17.7. The van der Waals surface area contributed by atoms with Gasteiger partial charge in [0.25, 0.3) is 0 Å². The van der Waals surface area contributed by atoms with Gasteiger partial charge in [0.2, 0.25) is 5.76 Å². The van der Waals surface area contributed by atoms with Crippen molar-refractivity contribution in [3.8, 4) is 0 Å². The van der Waals surface area contributed by atoms with Crippen molar-refractivity contribution in [2.24, 2.45) is 0 Å². The molecule has 0 aliphatic heterocycles. The number of carboxylic acids is 1. The molecule has 0 amide bonds. The topological polar surface area (TPSA) is 50.4 Å². The molecule has 0 fully saturated rings. The molecule has 1 aromatic heterocycles. The van der Waals surface area contributed by atoms with Gasteiger partial charge in [0.05, 0.1) is 0 Å². The van der Waals surface area contributed by atoms with Gasteiger partial charge in [-0.1, -0.05) is 18.2 Å². The highest BCUT2D eigenvalue weighted by Crippen LogP contribution is 2.12. The maximum absolute atomic E-state index is 12.6. The van der Waals surface area contributed by atoms with E-state index in [0.29, 0.717) is 5.76 Å². The minimum atomic E-state index is -1.11. The molecule has 0 bridgehead atoms. The van der Waals surface area contributed by atoms with Crippen molar-refractivity contribution < 1.29 is 18.7 Å². The van der Waals surface area contributed by atoms with Gasteiger partial charge < -0.3 is 9.52 Å². The van der Waals surface area contributed by atoms with Gasteiger partial charge in [-0.05, 0) is 35.9 Å². The molecule has 0 unspecified atom stereocenters. The average Bonchev–Trinajstić information content (AvgIpc) is 2.77. The first kappa shape index (κ1) is 11.1. The zero-order chi connectivity index (χ0) is 12.3. The summed E-state index contributed by atoms with van der Waals surface area (Å²) in [6.45, 7) is 0. The van der Waals surface area contributed by atoms with Gasteiger partial charge in [-0.25, -0.2) is 9.18 Å². The van der Waals surface area contributed by atoms with Gasteiger partial charge in [-0.15, -0.1) is 0 Å². The Morgan fingerprint density at radius 2 is 1.82 bits per heavy atom. The van der Waals surface area contributed by atoms with Gasteiger partial charge in [0.15, 0.2) is 0 Å². The Kier molecular flexibility index (Phi) is 3.05. The van der Waals surface area contributed by atoms with Crippen LogP contribution < -0.4 is 0 Å². The Morgan fingerprint density at radius 3 is 2.41 bits per heavy atom. The Hall–Kier alpha value is -2.36. The summed E-state index contributed by atoms with van der Waals surface area (Å²) in [6.07, 6.45) is 3.34. The summed E-state index contributed by atoms with van der Waals surface area (Å²) in [7, 11) is 0. The van der Waals surface area contributed by atoms with E-state index in [1.165, 1.54) is 18.2 Å². The number of halogens is 1. The molecule has 1 aromatic carbocycles. The molecule has 2 rings (SSSR count). The molecule has 0 saturated heterocycles. The molecule has 4 heteroatoms. The second kappa shape index (κ2) is 4.65. The maximum atomic E-state index is 12.6. The molecule has 0 aliphatic carbocycles. The summed E-state index contributed by atoms with van der Waals surface area (Å²) in [4.78, 5) is 10.6. The minimum Gasteiger partial charge on any atom is -0.475 e. The Morgan fingerprint density at radius 1 is 1.12 bits per heavy atom. The van der Waals surface area contributed by atoms with E-state index in [2.05, 4.69) is 0 Å². The molecule has 17 heavy (non-hydrogen) atoms. The van der Waals surface area contributed by atoms with Crippen molar-refractivity contribution in [3.63, 3.8) is 0 Å². The second-order valence-electron chi connectivity index (χ2n) is 3.39. The first-order chi connectivity index (χ1) is 8.15. The third-order valence-corrected chi connectivity index (χ3v) is 2.15. The van der Waals surface area contributed by atoms with E-state index in [0.717, 1.165) is 5.56 Å². The number of hydrogen-bond acceptors (Lipinski definition) is 2. The lowest BCUT2D eigenvalue weighted by Gasteiger charge is -1.92. The van der Waals surface area contributed by atoms with Crippen molar-refractivity contribution >= 4 is 18.1 Å². The predicted molar refractivity (Wildman–Crippen MR) is 61.0 cm³/mol. The number of aromatic carboxylic acids is 1. The first-order valence-corrected chi connectivity index (χ1v) is 4.92. The summed E-state index contributed by atoms with van der Waals surface area (Å²) in [5.41, 5.74) is 0.805. The molecule has 3 nitrogen and oxygen atoms in total. The molecule has 1 N–H and O–H groups in total. The highest BCUT2D eigenvalue weighted by atomic mass is 19.1. The maximum Gasteiger partial charge on any atom is 0.371 e. The van der Waals surface area contributed by atoms with E-state index < -0.39 is 5.97 Å². The van der Waals surface area contributed by atoms with Gasteiger partial charge in [0.1, 0.15) is 11.6 Å². The van der Waals surface area contributed by atoms with Crippen LogP contribution in [0.4, 0.5) is 4.39 Å². The summed E-state index contributed by atoms with van der Waals surface area (Å²) in [5, 5.41) is 8.65. The number of hydrogen-bond donors (Lipinski definition) is 1. The summed E-state index contributed by atoms with van der Waals surface area (Å²) in [5.74, 6) is -1.07. The third kappa shape index (κ3) is 2.81. The van der Waals surface area contributed by atoms with Gasteiger partial charge in [-0.2, -0.15) is 0 Å². The Bertz CT molecular complexity index is 552. The van der Waals surface area contributed by atoms with E-state index in [1.54, 1.807) is 30.4 Å². The van der Waals surface area contributed by atoms with Crippen LogP contribution in [0.25, 0.3) is 12.2 Å². The molecular formula is C13H9FO3. The molecule has 86 valence electrons. The van der Waals surface area contributed by atoms with Crippen molar-refractivity contribution in [1.82, 2.24) is 0 Å². The lowest BCUT2D eigenvalue weighted by molar-refractivity contribution is 0.0662. The summed E-state index contributed by atoms with van der Waals surface area (Å²) >= 11 is 0. The van der Waals surface area contributed by atoms with Gasteiger partial charge >= 0.3 is 5.97 Å². The van der Waals surface area contributed by atoms with Crippen molar-refractivity contribution in [2.75, 3.05) is 0 Å². The molecular weight excluding hydrogens is 223 g/mol. The molecule has 0 aliphatic rings. The number of furan rings is 1. The Labute approximate surface area is 96.8 Å². The van der Waals surface area contributed by atoms with Crippen molar-refractivity contribution in [3.05, 3.63) is 59.3 Å². The number of carboxylic acid groups (broad SMARTS) is 1. The van der Waals surface area contributed by atoms with Crippen LogP contribution in [-0.2, 0) is 0 Å². The quantitative estimate of drug-likeness (QED) is 0.883. The van der Waals surface area contributed by atoms with Crippen LogP contribution in [-0.4, -0.2) is 11.1 Å². The zero-order valence-corrected chi connectivity index (χ0v) is 8.76.